The average Bonchev–Trinajstić information content (AvgIpc) is 2.88. The molecule has 1 aromatic heterocycles. The highest BCUT2D eigenvalue weighted by Crippen LogP contribution is 2.24. The molecule has 7 nitrogen and oxygen atoms in total. The molecule has 0 aliphatic carbocycles. The van der Waals surface area contributed by atoms with Crippen LogP contribution in [0.2, 0.25) is 0 Å². The number of H-pyrrole nitrogens is 1. The summed E-state index contributed by atoms with van der Waals surface area (Å²) in [6, 6.07) is 17.1. The number of fused-ring (bicyclic) bond motifs is 2. The van der Waals surface area contributed by atoms with Crippen molar-refractivity contribution in [1.82, 2.24) is 14.8 Å². The normalized spacial score (nSPS) is 14.6. The Hall–Kier alpha value is -3.75. The van der Waals surface area contributed by atoms with Crippen molar-refractivity contribution in [2.45, 2.75) is 0 Å². The van der Waals surface area contributed by atoms with Gasteiger partial charge in [0.1, 0.15) is 5.82 Å². The van der Waals surface area contributed by atoms with Gasteiger partial charge >= 0.3 is 0 Å². The fourth-order valence-electron chi connectivity index (χ4n) is 4.73. The second kappa shape index (κ2) is 10.1. The number of pyridine rings is 1. The molecule has 0 radical (unpaired) electrons. The SMILES string of the molecule is CN(C)CCN1CCN(c2cccc(NC(=O)c3cccc4c(=O)c5cccc(F)c5[nH]c34)c2)CC1. The van der Waals surface area contributed by atoms with E-state index in [0.717, 1.165) is 45.0 Å². The third-order valence-corrected chi connectivity index (χ3v) is 6.77. The van der Waals surface area contributed by atoms with Gasteiger partial charge in [-0.2, -0.15) is 0 Å². The van der Waals surface area contributed by atoms with Crippen LogP contribution in [-0.2, 0) is 0 Å². The van der Waals surface area contributed by atoms with E-state index >= 15 is 0 Å². The minimum atomic E-state index is -0.531. The largest absolute Gasteiger partial charge is 0.369 e. The maximum absolute atomic E-state index is 14.4. The van der Waals surface area contributed by atoms with Crippen LogP contribution in [0, 0.1) is 5.82 Å². The molecule has 0 spiro atoms. The molecule has 0 saturated carbocycles. The monoisotopic (exact) mass is 487 g/mol. The molecular weight excluding hydrogens is 457 g/mol. The molecule has 0 unspecified atom stereocenters. The fraction of sp³-hybridized carbons (Fsp3) is 0.286. The Morgan fingerprint density at radius 1 is 0.972 bits per heavy atom. The summed E-state index contributed by atoms with van der Waals surface area (Å²) < 4.78 is 14.4. The van der Waals surface area contributed by atoms with Crippen molar-refractivity contribution in [3.63, 3.8) is 0 Å². The summed E-state index contributed by atoms with van der Waals surface area (Å²) >= 11 is 0. The van der Waals surface area contributed by atoms with Crippen molar-refractivity contribution in [2.24, 2.45) is 0 Å². The van der Waals surface area contributed by atoms with E-state index in [1.807, 2.05) is 18.2 Å². The van der Waals surface area contributed by atoms with E-state index in [-0.39, 0.29) is 27.8 Å². The van der Waals surface area contributed by atoms with Gasteiger partial charge in [-0.1, -0.05) is 18.2 Å². The summed E-state index contributed by atoms with van der Waals surface area (Å²) in [6.07, 6.45) is 0. The van der Waals surface area contributed by atoms with Crippen molar-refractivity contribution in [1.29, 1.82) is 0 Å². The molecule has 8 heteroatoms. The zero-order valence-corrected chi connectivity index (χ0v) is 20.6. The molecule has 0 atom stereocenters. The number of halogens is 1. The number of nitrogens with zero attached hydrogens (tertiary/aromatic N) is 3. The van der Waals surface area contributed by atoms with Crippen LogP contribution in [0.5, 0.6) is 0 Å². The van der Waals surface area contributed by atoms with Crippen molar-refractivity contribution in [3.8, 4) is 0 Å². The zero-order valence-electron chi connectivity index (χ0n) is 20.6. The summed E-state index contributed by atoms with van der Waals surface area (Å²) in [4.78, 5) is 36.2. The van der Waals surface area contributed by atoms with Crippen LogP contribution >= 0.6 is 0 Å². The highest BCUT2D eigenvalue weighted by atomic mass is 19.1. The number of hydrogen-bond donors (Lipinski definition) is 2. The van der Waals surface area contributed by atoms with Crippen molar-refractivity contribution in [2.75, 3.05) is 63.6 Å². The second-order valence-electron chi connectivity index (χ2n) is 9.48. The number of carbonyl (C=O) groups excluding carboxylic acids is 1. The summed E-state index contributed by atoms with van der Waals surface area (Å²) in [6.45, 7) is 5.95. The molecule has 1 aliphatic heterocycles. The Labute approximate surface area is 209 Å². The van der Waals surface area contributed by atoms with Crippen molar-refractivity contribution >= 4 is 39.1 Å². The van der Waals surface area contributed by atoms with Crippen LogP contribution in [0.15, 0.2) is 65.5 Å². The molecule has 1 saturated heterocycles. The molecule has 2 N–H and O–H groups in total. The molecule has 4 aromatic rings. The first-order valence-corrected chi connectivity index (χ1v) is 12.2. The Morgan fingerprint density at radius 3 is 2.42 bits per heavy atom. The maximum atomic E-state index is 14.4. The molecular formula is C28H30FN5O2. The lowest BCUT2D eigenvalue weighted by atomic mass is 10.1. The quantitative estimate of drug-likeness (QED) is 0.406. The average molecular weight is 488 g/mol. The van der Waals surface area contributed by atoms with E-state index < -0.39 is 5.82 Å². The van der Waals surface area contributed by atoms with Gasteiger partial charge in [-0.25, -0.2) is 4.39 Å². The van der Waals surface area contributed by atoms with Crippen LogP contribution in [-0.4, -0.2) is 74.1 Å². The summed E-state index contributed by atoms with van der Waals surface area (Å²) in [5.74, 6) is -0.895. The number of amides is 1. The number of para-hydroxylation sites is 2. The molecule has 36 heavy (non-hydrogen) atoms. The lowest BCUT2D eigenvalue weighted by molar-refractivity contribution is 0.102. The lowest BCUT2D eigenvalue weighted by Crippen LogP contribution is -2.48. The van der Waals surface area contributed by atoms with Crippen LogP contribution in [0.4, 0.5) is 15.8 Å². The van der Waals surface area contributed by atoms with Gasteiger partial charge in [-0.3, -0.25) is 14.5 Å². The molecule has 1 fully saturated rings. The van der Waals surface area contributed by atoms with E-state index in [1.54, 1.807) is 24.3 Å². The number of rotatable bonds is 6. The lowest BCUT2D eigenvalue weighted by Gasteiger charge is -2.36. The summed E-state index contributed by atoms with van der Waals surface area (Å²) in [5, 5.41) is 3.56. The van der Waals surface area contributed by atoms with E-state index in [4.69, 9.17) is 0 Å². The molecule has 2 heterocycles. The molecule has 5 rings (SSSR count). The minimum absolute atomic E-state index is 0.0990. The van der Waals surface area contributed by atoms with Gasteiger partial charge in [0.15, 0.2) is 5.43 Å². The van der Waals surface area contributed by atoms with E-state index in [1.165, 1.54) is 12.1 Å². The second-order valence-corrected chi connectivity index (χ2v) is 9.48. The van der Waals surface area contributed by atoms with Gasteiger partial charge in [0, 0.05) is 61.4 Å². The molecule has 0 bridgehead atoms. The molecule has 1 amide bonds. The van der Waals surface area contributed by atoms with Gasteiger partial charge in [-0.15, -0.1) is 0 Å². The highest BCUT2D eigenvalue weighted by molar-refractivity contribution is 6.13. The van der Waals surface area contributed by atoms with Crippen LogP contribution in [0.25, 0.3) is 21.8 Å². The Kier molecular flexibility index (Phi) is 6.71. The highest BCUT2D eigenvalue weighted by Gasteiger charge is 2.19. The number of piperazine rings is 1. The van der Waals surface area contributed by atoms with Gasteiger partial charge < -0.3 is 20.1 Å². The van der Waals surface area contributed by atoms with Crippen LogP contribution in [0.1, 0.15) is 10.4 Å². The third-order valence-electron chi connectivity index (χ3n) is 6.77. The number of aromatic amines is 1. The number of benzene rings is 3. The topological polar surface area (TPSA) is 71.7 Å². The van der Waals surface area contributed by atoms with Gasteiger partial charge in [0.2, 0.25) is 0 Å². The molecule has 186 valence electrons. The van der Waals surface area contributed by atoms with Gasteiger partial charge in [0.25, 0.3) is 5.91 Å². The first-order chi connectivity index (χ1) is 17.4. The number of carbonyl (C=O) groups is 1. The van der Waals surface area contributed by atoms with Crippen LogP contribution in [0.3, 0.4) is 0 Å². The van der Waals surface area contributed by atoms with E-state index in [0.29, 0.717) is 16.6 Å². The van der Waals surface area contributed by atoms with E-state index in [9.17, 15) is 14.0 Å². The number of hydrogen-bond acceptors (Lipinski definition) is 5. The molecule has 1 aliphatic rings. The number of nitrogens with one attached hydrogen (secondary N) is 2. The number of anilines is 2. The predicted molar refractivity (Wildman–Crippen MR) is 144 cm³/mol. The maximum Gasteiger partial charge on any atom is 0.257 e. The first kappa shape index (κ1) is 24.0. The minimum Gasteiger partial charge on any atom is -0.369 e. The standard InChI is InChI=1S/C28H30FN5O2/c1-32(2)12-13-33-14-16-34(17-15-33)20-7-3-6-19(18-20)30-28(36)23-10-4-8-21-25(23)31-26-22(27(21)35)9-5-11-24(26)29/h3-11,18H,12-17H2,1-2H3,(H,30,36)(H,31,35). The summed E-state index contributed by atoms with van der Waals surface area (Å²) in [5.41, 5.74) is 2.12. The Morgan fingerprint density at radius 2 is 1.67 bits per heavy atom. The van der Waals surface area contributed by atoms with E-state index in [2.05, 4.69) is 45.2 Å². The Bertz CT molecular complexity index is 1470. The van der Waals surface area contributed by atoms with Gasteiger partial charge in [-0.05, 0) is 56.6 Å². The number of aromatic nitrogens is 1. The Balaban J connectivity index is 1.36. The zero-order chi connectivity index (χ0) is 25.2. The van der Waals surface area contributed by atoms with Crippen molar-refractivity contribution < 1.29 is 9.18 Å². The molecule has 3 aromatic carbocycles. The van der Waals surface area contributed by atoms with Crippen LogP contribution < -0.4 is 15.6 Å². The first-order valence-electron chi connectivity index (χ1n) is 12.2. The van der Waals surface area contributed by atoms with Crippen molar-refractivity contribution in [3.05, 3.63) is 82.3 Å². The fourth-order valence-corrected chi connectivity index (χ4v) is 4.73. The number of likely N-dealkylation sites (N-methyl/N-ethyl adjacent to an activating group) is 1. The smallest absolute Gasteiger partial charge is 0.257 e. The van der Waals surface area contributed by atoms with Gasteiger partial charge in [0.05, 0.1) is 16.6 Å². The summed E-state index contributed by atoms with van der Waals surface area (Å²) in [7, 11) is 4.18. The third kappa shape index (κ3) is 4.82. The predicted octanol–water partition coefficient (Wildman–Crippen LogP) is 3.76.